The van der Waals surface area contributed by atoms with Gasteiger partial charge in [0, 0.05) is 36.2 Å². The van der Waals surface area contributed by atoms with Gasteiger partial charge in [0.2, 0.25) is 0 Å². The second-order valence-electron chi connectivity index (χ2n) is 5.32. The SMILES string of the molecule is CCCCCCCCCCCCCCCCO.[Na]. The Labute approximate surface area is 137 Å². The molecule has 18 heavy (non-hydrogen) atoms. The van der Waals surface area contributed by atoms with Crippen LogP contribution in [-0.4, -0.2) is 41.3 Å². The minimum atomic E-state index is 0. The normalized spacial score (nSPS) is 10.3. The Bertz CT molecular complexity index is 114. The summed E-state index contributed by atoms with van der Waals surface area (Å²) >= 11 is 0. The van der Waals surface area contributed by atoms with E-state index in [-0.39, 0.29) is 29.6 Å². The molecule has 1 radical (unpaired) electrons. The molecule has 1 N–H and O–H groups in total. The maximum absolute atomic E-state index is 8.64. The van der Waals surface area contributed by atoms with Crippen molar-refractivity contribution in [2.45, 2.75) is 96.8 Å². The Balaban J connectivity index is 0. The summed E-state index contributed by atoms with van der Waals surface area (Å²) in [5.41, 5.74) is 0. The molecule has 0 fully saturated rings. The summed E-state index contributed by atoms with van der Waals surface area (Å²) in [5.74, 6) is 0. The second-order valence-corrected chi connectivity index (χ2v) is 5.32. The van der Waals surface area contributed by atoms with E-state index < -0.39 is 0 Å². The van der Waals surface area contributed by atoms with Crippen LogP contribution < -0.4 is 0 Å². The second kappa shape index (κ2) is 20.3. The third kappa shape index (κ3) is 19.3. The third-order valence-electron chi connectivity index (χ3n) is 3.51. The summed E-state index contributed by atoms with van der Waals surface area (Å²) in [6.07, 6.45) is 19.2. The smallest absolute Gasteiger partial charge is 0.0431 e. The quantitative estimate of drug-likeness (QED) is 0.343. The predicted octanol–water partition coefficient (Wildman–Crippen LogP) is 5.08. The zero-order valence-electron chi connectivity index (χ0n) is 13.1. The molecule has 0 bridgehead atoms. The van der Waals surface area contributed by atoms with Crippen LogP contribution in [0.2, 0.25) is 0 Å². The van der Waals surface area contributed by atoms with Crippen LogP contribution in [-0.2, 0) is 0 Å². The Morgan fingerprint density at radius 2 is 0.778 bits per heavy atom. The summed E-state index contributed by atoms with van der Waals surface area (Å²) < 4.78 is 0. The van der Waals surface area contributed by atoms with E-state index in [1.165, 1.54) is 83.5 Å². The molecule has 2 heteroatoms. The van der Waals surface area contributed by atoms with Crippen molar-refractivity contribution in [1.82, 2.24) is 0 Å². The molecule has 1 nitrogen and oxygen atoms in total. The van der Waals surface area contributed by atoms with Gasteiger partial charge < -0.3 is 5.11 Å². The summed E-state index contributed by atoms with van der Waals surface area (Å²) in [7, 11) is 0. The van der Waals surface area contributed by atoms with Gasteiger partial charge in [0.1, 0.15) is 0 Å². The van der Waals surface area contributed by atoms with E-state index in [9.17, 15) is 0 Å². The van der Waals surface area contributed by atoms with Gasteiger partial charge in [-0.25, -0.2) is 0 Å². The number of rotatable bonds is 14. The first-order valence-electron chi connectivity index (χ1n) is 8.02. The number of hydrogen-bond donors (Lipinski definition) is 1. The Morgan fingerprint density at radius 3 is 1.06 bits per heavy atom. The molecule has 0 heterocycles. The van der Waals surface area contributed by atoms with Gasteiger partial charge in [-0.2, -0.15) is 0 Å². The monoisotopic (exact) mass is 265 g/mol. The Hall–Kier alpha value is 0.960. The molecule has 0 aliphatic rings. The summed E-state index contributed by atoms with van der Waals surface area (Å²) in [6.45, 7) is 2.65. The molecule has 0 aliphatic heterocycles. The first-order chi connectivity index (χ1) is 8.41. The Kier molecular flexibility index (Phi) is 24.0. The average Bonchev–Trinajstić information content (AvgIpc) is 2.35. The molecule has 0 aromatic heterocycles. The first kappa shape index (κ1) is 21.3. The van der Waals surface area contributed by atoms with E-state index in [0.29, 0.717) is 6.61 Å². The zero-order valence-corrected chi connectivity index (χ0v) is 15.1. The van der Waals surface area contributed by atoms with Gasteiger partial charge in [-0.15, -0.1) is 0 Å². The topological polar surface area (TPSA) is 20.2 Å². The Morgan fingerprint density at radius 1 is 0.500 bits per heavy atom. The molecule has 0 aromatic carbocycles. The molecule has 105 valence electrons. The van der Waals surface area contributed by atoms with Crippen LogP contribution in [0.25, 0.3) is 0 Å². The van der Waals surface area contributed by atoms with Crippen molar-refractivity contribution in [3.63, 3.8) is 0 Å². The van der Waals surface area contributed by atoms with Crippen molar-refractivity contribution in [2.75, 3.05) is 6.61 Å². The van der Waals surface area contributed by atoms with Crippen molar-refractivity contribution in [1.29, 1.82) is 0 Å². The summed E-state index contributed by atoms with van der Waals surface area (Å²) in [5, 5.41) is 8.64. The first-order valence-corrected chi connectivity index (χ1v) is 8.02. The van der Waals surface area contributed by atoms with Crippen LogP contribution in [0.1, 0.15) is 96.8 Å². The molecule has 0 saturated heterocycles. The van der Waals surface area contributed by atoms with E-state index in [1.54, 1.807) is 0 Å². The number of hydrogen-bond acceptors (Lipinski definition) is 1. The number of unbranched alkanes of at least 4 members (excludes halogenated alkanes) is 13. The molecule has 0 aliphatic carbocycles. The molecule has 0 rings (SSSR count). The molecule has 0 amide bonds. The van der Waals surface area contributed by atoms with Crippen molar-refractivity contribution in [2.24, 2.45) is 0 Å². The van der Waals surface area contributed by atoms with Crippen LogP contribution in [0.4, 0.5) is 0 Å². The van der Waals surface area contributed by atoms with E-state index in [4.69, 9.17) is 5.11 Å². The molecular formula is C16H34NaO. The standard InChI is InChI=1S/C16H34O.Na/c1-2-3-4-5-6-7-8-9-10-11-12-13-14-15-16-17;/h17H,2-16H2,1H3;. The number of aliphatic hydroxyl groups is 1. The van der Waals surface area contributed by atoms with Crippen molar-refractivity contribution in [3.05, 3.63) is 0 Å². The molecule has 0 atom stereocenters. The summed E-state index contributed by atoms with van der Waals surface area (Å²) in [6, 6.07) is 0. The van der Waals surface area contributed by atoms with Gasteiger partial charge in [0.05, 0.1) is 0 Å². The largest absolute Gasteiger partial charge is 0.396 e. The van der Waals surface area contributed by atoms with Gasteiger partial charge in [0.15, 0.2) is 0 Å². The average molecular weight is 265 g/mol. The molecular weight excluding hydrogens is 231 g/mol. The van der Waals surface area contributed by atoms with E-state index in [1.807, 2.05) is 0 Å². The molecule has 0 spiro atoms. The van der Waals surface area contributed by atoms with E-state index in [2.05, 4.69) is 6.92 Å². The third-order valence-corrected chi connectivity index (χ3v) is 3.51. The van der Waals surface area contributed by atoms with Crippen molar-refractivity contribution in [3.8, 4) is 0 Å². The maximum Gasteiger partial charge on any atom is 0.0431 e. The molecule has 0 unspecified atom stereocenters. The van der Waals surface area contributed by atoms with E-state index in [0.717, 1.165) is 6.42 Å². The van der Waals surface area contributed by atoms with Gasteiger partial charge in [0.25, 0.3) is 0 Å². The predicted molar refractivity (Wildman–Crippen MR) is 83.2 cm³/mol. The maximum atomic E-state index is 8.64. The van der Waals surface area contributed by atoms with Gasteiger partial charge in [-0.3, -0.25) is 0 Å². The minimum absolute atomic E-state index is 0. The fraction of sp³-hybridized carbons (Fsp3) is 1.00. The fourth-order valence-electron chi connectivity index (χ4n) is 2.31. The van der Waals surface area contributed by atoms with Crippen LogP contribution in [0, 0.1) is 0 Å². The van der Waals surface area contributed by atoms with Crippen molar-refractivity contribution < 1.29 is 5.11 Å². The van der Waals surface area contributed by atoms with Gasteiger partial charge in [-0.1, -0.05) is 90.4 Å². The van der Waals surface area contributed by atoms with Crippen LogP contribution in [0.15, 0.2) is 0 Å². The van der Waals surface area contributed by atoms with E-state index >= 15 is 0 Å². The van der Waals surface area contributed by atoms with Gasteiger partial charge >= 0.3 is 0 Å². The molecule has 0 saturated carbocycles. The molecule has 0 aromatic rings. The van der Waals surface area contributed by atoms with Crippen molar-refractivity contribution >= 4 is 29.6 Å². The van der Waals surface area contributed by atoms with Gasteiger partial charge in [-0.05, 0) is 6.42 Å². The van der Waals surface area contributed by atoms with Crippen LogP contribution in [0.5, 0.6) is 0 Å². The van der Waals surface area contributed by atoms with Crippen LogP contribution >= 0.6 is 0 Å². The van der Waals surface area contributed by atoms with Crippen LogP contribution in [0.3, 0.4) is 0 Å². The minimum Gasteiger partial charge on any atom is -0.396 e. The zero-order chi connectivity index (χ0) is 12.6. The number of aliphatic hydroxyl groups excluding tert-OH is 1. The fourth-order valence-corrected chi connectivity index (χ4v) is 2.31. The summed E-state index contributed by atoms with van der Waals surface area (Å²) in [4.78, 5) is 0.